The lowest BCUT2D eigenvalue weighted by atomic mass is 10.0. The molecule has 1 amide bonds. The number of amides is 1. The molecule has 1 atom stereocenters. The van der Waals surface area contributed by atoms with Gasteiger partial charge in [0.15, 0.2) is 0 Å². The van der Waals surface area contributed by atoms with Crippen molar-refractivity contribution < 1.29 is 9.90 Å². The van der Waals surface area contributed by atoms with E-state index < -0.39 is 5.60 Å². The smallest absolute Gasteiger partial charge is 0.221 e. The molecule has 1 saturated heterocycles. The summed E-state index contributed by atoms with van der Waals surface area (Å²) in [7, 11) is 0. The fraction of sp³-hybridized carbons (Fsp3) is 0.562. The van der Waals surface area contributed by atoms with Crippen LogP contribution in [-0.2, 0) is 17.9 Å². The predicted octanol–water partition coefficient (Wildman–Crippen LogP) is 0.233. The van der Waals surface area contributed by atoms with E-state index in [2.05, 4.69) is 39.8 Å². The second-order valence-corrected chi connectivity index (χ2v) is 6.16. The highest BCUT2D eigenvalue weighted by molar-refractivity contribution is 5.76. The molecule has 1 unspecified atom stereocenters. The number of rotatable bonds is 5. The molecular weight excluding hydrogens is 266 g/mol. The average Bonchev–Trinajstić information content (AvgIpc) is 3.09. The third kappa shape index (κ3) is 3.61. The van der Waals surface area contributed by atoms with Crippen molar-refractivity contribution in [1.82, 2.24) is 15.5 Å². The first kappa shape index (κ1) is 14.5. The SMILES string of the molecule is O=C(CCN1Cc2ccccc2C1)NCC1(O)CCNC1. The summed E-state index contributed by atoms with van der Waals surface area (Å²) >= 11 is 0. The Kier molecular flexibility index (Phi) is 4.24. The Balaban J connectivity index is 1.39. The highest BCUT2D eigenvalue weighted by atomic mass is 16.3. The maximum Gasteiger partial charge on any atom is 0.221 e. The van der Waals surface area contributed by atoms with Crippen LogP contribution < -0.4 is 10.6 Å². The van der Waals surface area contributed by atoms with Gasteiger partial charge in [0.05, 0.1) is 5.60 Å². The first-order valence-corrected chi connectivity index (χ1v) is 7.64. The van der Waals surface area contributed by atoms with E-state index >= 15 is 0 Å². The molecule has 0 aromatic heterocycles. The minimum absolute atomic E-state index is 0.0197. The minimum Gasteiger partial charge on any atom is -0.387 e. The summed E-state index contributed by atoms with van der Waals surface area (Å²) in [4.78, 5) is 14.2. The van der Waals surface area contributed by atoms with Gasteiger partial charge in [-0.15, -0.1) is 0 Å². The number of nitrogens with one attached hydrogen (secondary N) is 2. The number of benzene rings is 1. The Hall–Kier alpha value is -1.43. The van der Waals surface area contributed by atoms with Crippen LogP contribution in [0.2, 0.25) is 0 Å². The van der Waals surface area contributed by atoms with E-state index in [1.807, 2.05) is 0 Å². The van der Waals surface area contributed by atoms with Crippen molar-refractivity contribution in [2.75, 3.05) is 26.2 Å². The minimum atomic E-state index is -0.764. The highest BCUT2D eigenvalue weighted by Gasteiger charge is 2.31. The number of nitrogens with zero attached hydrogens (tertiary/aromatic N) is 1. The predicted molar refractivity (Wildman–Crippen MR) is 80.6 cm³/mol. The Morgan fingerprint density at radius 3 is 2.67 bits per heavy atom. The Morgan fingerprint density at radius 2 is 2.05 bits per heavy atom. The standard InChI is InChI=1S/C16H23N3O2/c20-15(18-12-16(21)6-7-17-11-16)5-8-19-9-13-3-1-2-4-14(13)10-19/h1-4,17,21H,5-12H2,(H,18,20). The maximum atomic E-state index is 11.9. The summed E-state index contributed by atoms with van der Waals surface area (Å²) in [6, 6.07) is 8.42. The zero-order valence-electron chi connectivity index (χ0n) is 12.3. The van der Waals surface area contributed by atoms with Crippen LogP contribution in [0.15, 0.2) is 24.3 Å². The van der Waals surface area contributed by atoms with Gasteiger partial charge in [-0.05, 0) is 24.1 Å². The Bertz CT molecular complexity index is 487. The molecule has 5 heteroatoms. The molecule has 0 radical (unpaired) electrons. The quantitative estimate of drug-likeness (QED) is 0.726. The van der Waals surface area contributed by atoms with Crippen LogP contribution in [0.3, 0.4) is 0 Å². The lowest BCUT2D eigenvalue weighted by molar-refractivity contribution is -0.122. The third-order valence-corrected chi connectivity index (χ3v) is 4.40. The molecular formula is C16H23N3O2. The van der Waals surface area contributed by atoms with Gasteiger partial charge >= 0.3 is 0 Å². The molecule has 0 saturated carbocycles. The number of hydrogen-bond acceptors (Lipinski definition) is 4. The Morgan fingerprint density at radius 1 is 1.33 bits per heavy atom. The van der Waals surface area contributed by atoms with Crippen LogP contribution in [-0.4, -0.2) is 47.7 Å². The lowest BCUT2D eigenvalue weighted by Crippen LogP contribution is -2.44. The molecule has 21 heavy (non-hydrogen) atoms. The van der Waals surface area contributed by atoms with Gasteiger partial charge in [0.25, 0.3) is 0 Å². The highest BCUT2D eigenvalue weighted by Crippen LogP contribution is 2.22. The molecule has 2 aliphatic rings. The zero-order chi connectivity index (χ0) is 14.7. The molecule has 2 aliphatic heterocycles. The first-order chi connectivity index (χ1) is 10.1. The fourth-order valence-corrected chi connectivity index (χ4v) is 3.05. The molecule has 114 valence electrons. The number of aliphatic hydroxyl groups is 1. The van der Waals surface area contributed by atoms with Crippen molar-refractivity contribution in [3.8, 4) is 0 Å². The van der Waals surface area contributed by atoms with Gasteiger partial charge in [-0.3, -0.25) is 9.69 Å². The van der Waals surface area contributed by atoms with E-state index in [1.165, 1.54) is 11.1 Å². The second-order valence-electron chi connectivity index (χ2n) is 6.16. The molecule has 1 fully saturated rings. The lowest BCUT2D eigenvalue weighted by Gasteiger charge is -2.22. The van der Waals surface area contributed by atoms with E-state index in [-0.39, 0.29) is 5.91 Å². The van der Waals surface area contributed by atoms with Gasteiger partial charge in [0.1, 0.15) is 0 Å². The van der Waals surface area contributed by atoms with Gasteiger partial charge in [0, 0.05) is 39.1 Å². The van der Waals surface area contributed by atoms with E-state index in [0.29, 0.717) is 25.9 Å². The van der Waals surface area contributed by atoms with Crippen LogP contribution in [0.4, 0.5) is 0 Å². The van der Waals surface area contributed by atoms with Gasteiger partial charge < -0.3 is 15.7 Å². The van der Waals surface area contributed by atoms with Crippen molar-refractivity contribution in [3.05, 3.63) is 35.4 Å². The van der Waals surface area contributed by atoms with Crippen LogP contribution in [0, 0.1) is 0 Å². The largest absolute Gasteiger partial charge is 0.387 e. The van der Waals surface area contributed by atoms with Crippen molar-refractivity contribution in [2.24, 2.45) is 0 Å². The van der Waals surface area contributed by atoms with Crippen LogP contribution in [0.1, 0.15) is 24.0 Å². The van der Waals surface area contributed by atoms with Crippen LogP contribution >= 0.6 is 0 Å². The second kappa shape index (κ2) is 6.13. The molecule has 0 spiro atoms. The fourth-order valence-electron chi connectivity index (χ4n) is 3.05. The third-order valence-electron chi connectivity index (χ3n) is 4.40. The van der Waals surface area contributed by atoms with E-state index in [0.717, 1.165) is 26.2 Å². The summed E-state index contributed by atoms with van der Waals surface area (Å²) in [6.45, 7) is 4.35. The van der Waals surface area contributed by atoms with Gasteiger partial charge in [-0.2, -0.15) is 0 Å². The molecule has 0 aliphatic carbocycles. The van der Waals surface area contributed by atoms with Crippen LogP contribution in [0.25, 0.3) is 0 Å². The summed E-state index contributed by atoms with van der Waals surface area (Å²) in [5.41, 5.74) is 1.97. The average molecular weight is 289 g/mol. The van der Waals surface area contributed by atoms with Crippen molar-refractivity contribution >= 4 is 5.91 Å². The number of β-amino-alcohol motifs (C(OH)–C–C–N with tert-alkyl or cyclic N) is 1. The van der Waals surface area contributed by atoms with Gasteiger partial charge in [0.2, 0.25) is 5.91 Å². The molecule has 1 aromatic carbocycles. The van der Waals surface area contributed by atoms with Gasteiger partial charge in [-0.25, -0.2) is 0 Å². The maximum absolute atomic E-state index is 11.9. The Labute approximate surface area is 125 Å². The van der Waals surface area contributed by atoms with Crippen molar-refractivity contribution in [2.45, 2.75) is 31.5 Å². The number of hydrogen-bond donors (Lipinski definition) is 3. The molecule has 2 heterocycles. The summed E-state index contributed by atoms with van der Waals surface area (Å²) in [5.74, 6) is 0.0197. The number of carbonyl (C=O) groups is 1. The van der Waals surface area contributed by atoms with E-state index in [9.17, 15) is 9.90 Å². The van der Waals surface area contributed by atoms with Crippen molar-refractivity contribution in [1.29, 1.82) is 0 Å². The van der Waals surface area contributed by atoms with Crippen LogP contribution in [0.5, 0.6) is 0 Å². The molecule has 1 aromatic rings. The number of carbonyl (C=O) groups excluding carboxylic acids is 1. The topological polar surface area (TPSA) is 64.6 Å². The first-order valence-electron chi connectivity index (χ1n) is 7.64. The summed E-state index contributed by atoms with van der Waals surface area (Å²) < 4.78 is 0. The molecule has 5 nitrogen and oxygen atoms in total. The van der Waals surface area contributed by atoms with Crippen molar-refractivity contribution in [3.63, 3.8) is 0 Å². The van der Waals surface area contributed by atoms with E-state index in [1.54, 1.807) is 0 Å². The number of fused-ring (bicyclic) bond motifs is 1. The molecule has 3 rings (SSSR count). The molecule has 3 N–H and O–H groups in total. The zero-order valence-corrected chi connectivity index (χ0v) is 12.3. The summed E-state index contributed by atoms with van der Waals surface area (Å²) in [6.07, 6.45) is 1.19. The monoisotopic (exact) mass is 289 g/mol. The molecule has 0 bridgehead atoms. The van der Waals surface area contributed by atoms with E-state index in [4.69, 9.17) is 0 Å². The van der Waals surface area contributed by atoms with Gasteiger partial charge in [-0.1, -0.05) is 24.3 Å². The normalized spacial score (nSPS) is 25.0. The summed E-state index contributed by atoms with van der Waals surface area (Å²) in [5, 5.41) is 16.1.